The number of hydrogen-bond donors (Lipinski definition) is 2. The number of nitrogens with zero attached hydrogens (tertiary/aromatic N) is 1. The Morgan fingerprint density at radius 1 is 1.26 bits per heavy atom. The molecule has 2 aromatic rings. The molecule has 2 unspecified atom stereocenters. The van der Waals surface area contributed by atoms with E-state index in [2.05, 4.69) is 15.6 Å². The first-order valence-corrected chi connectivity index (χ1v) is 11.0. The van der Waals surface area contributed by atoms with Crippen molar-refractivity contribution in [3.8, 4) is 0 Å². The van der Waals surface area contributed by atoms with Gasteiger partial charge in [-0.25, -0.2) is 9.78 Å². The number of alkyl carbamates (subject to hydrolysis) is 1. The van der Waals surface area contributed by atoms with E-state index in [9.17, 15) is 19.2 Å². The number of carbonyl (C=O) groups is 4. The summed E-state index contributed by atoms with van der Waals surface area (Å²) in [5.41, 5.74) is 3.20. The van der Waals surface area contributed by atoms with E-state index in [1.165, 1.54) is 11.3 Å². The molecule has 0 bridgehead atoms. The Balaban J connectivity index is 1.64. The number of Topliss-reactive ketones (excluding diaryl/α,β-unsaturated/α-hetero) is 2. The highest BCUT2D eigenvalue weighted by atomic mass is 32.1. The molecule has 1 aromatic heterocycles. The van der Waals surface area contributed by atoms with Crippen LogP contribution in [0.2, 0.25) is 0 Å². The lowest BCUT2D eigenvalue weighted by atomic mass is 9.87. The third-order valence-corrected chi connectivity index (χ3v) is 6.01. The monoisotopic (exact) mass is 443 g/mol. The number of hydrogen-bond acceptors (Lipinski definition) is 7. The van der Waals surface area contributed by atoms with Crippen LogP contribution < -0.4 is 10.6 Å². The van der Waals surface area contributed by atoms with Gasteiger partial charge in [-0.2, -0.15) is 0 Å². The largest absolute Gasteiger partial charge is 0.445 e. The maximum absolute atomic E-state index is 13.0. The average Bonchev–Trinajstić information content (AvgIpc) is 3.19. The Bertz CT molecular complexity index is 957. The quantitative estimate of drug-likeness (QED) is 0.635. The Labute approximate surface area is 184 Å². The number of nitrogens with one attached hydrogen (secondary N) is 2. The summed E-state index contributed by atoms with van der Waals surface area (Å²) in [7, 11) is 0. The lowest BCUT2D eigenvalue weighted by Gasteiger charge is -2.24. The van der Waals surface area contributed by atoms with E-state index in [0.29, 0.717) is 5.69 Å². The van der Waals surface area contributed by atoms with Gasteiger partial charge in [-0.3, -0.25) is 14.4 Å². The van der Waals surface area contributed by atoms with Gasteiger partial charge in [-0.05, 0) is 17.9 Å². The first-order chi connectivity index (χ1) is 14.8. The summed E-state index contributed by atoms with van der Waals surface area (Å²) in [4.78, 5) is 55.0. The van der Waals surface area contributed by atoms with Crippen molar-refractivity contribution >= 4 is 34.9 Å². The van der Waals surface area contributed by atoms with Crippen LogP contribution in [0, 0.1) is 11.8 Å². The van der Waals surface area contributed by atoms with Gasteiger partial charge in [0.2, 0.25) is 5.78 Å². The minimum absolute atomic E-state index is 0.0844. The van der Waals surface area contributed by atoms with Crippen LogP contribution in [0.3, 0.4) is 0 Å². The molecule has 1 aromatic carbocycles. The molecule has 0 saturated heterocycles. The second kappa shape index (κ2) is 10.3. The van der Waals surface area contributed by atoms with Crippen molar-refractivity contribution in [2.24, 2.45) is 11.8 Å². The van der Waals surface area contributed by atoms with E-state index in [1.54, 1.807) is 19.4 Å². The second-order valence-corrected chi connectivity index (χ2v) is 8.71. The van der Waals surface area contributed by atoms with Crippen molar-refractivity contribution in [2.45, 2.75) is 45.9 Å². The predicted molar refractivity (Wildman–Crippen MR) is 114 cm³/mol. The number of ether oxygens (including phenoxy) is 1. The Morgan fingerprint density at radius 3 is 2.71 bits per heavy atom. The minimum Gasteiger partial charge on any atom is -0.445 e. The third kappa shape index (κ3) is 5.97. The lowest BCUT2D eigenvalue weighted by molar-refractivity contribution is -0.141. The normalized spacial score (nSPS) is 17.2. The Hall–Kier alpha value is -3.07. The maximum atomic E-state index is 13.0. The number of amides is 2. The van der Waals surface area contributed by atoms with Gasteiger partial charge in [0.15, 0.2) is 5.78 Å². The van der Waals surface area contributed by atoms with Crippen LogP contribution in [0.1, 0.15) is 36.4 Å². The molecule has 31 heavy (non-hydrogen) atoms. The number of rotatable bonds is 7. The zero-order chi connectivity index (χ0) is 22.4. The van der Waals surface area contributed by atoms with Gasteiger partial charge in [0, 0.05) is 17.2 Å². The molecule has 0 fully saturated rings. The molecule has 0 spiro atoms. The van der Waals surface area contributed by atoms with Crippen LogP contribution in [-0.4, -0.2) is 34.6 Å². The van der Waals surface area contributed by atoms with E-state index >= 15 is 0 Å². The fourth-order valence-corrected chi connectivity index (χ4v) is 4.27. The summed E-state index contributed by atoms with van der Waals surface area (Å²) >= 11 is 1.40. The van der Waals surface area contributed by atoms with Gasteiger partial charge < -0.3 is 15.4 Å². The maximum Gasteiger partial charge on any atom is 0.408 e. The van der Waals surface area contributed by atoms with Crippen molar-refractivity contribution in [2.75, 3.05) is 0 Å². The van der Waals surface area contributed by atoms with E-state index in [-0.39, 0.29) is 37.7 Å². The number of benzene rings is 1. The Morgan fingerprint density at radius 2 is 2.00 bits per heavy atom. The van der Waals surface area contributed by atoms with Gasteiger partial charge >= 0.3 is 6.09 Å². The number of ketones is 2. The van der Waals surface area contributed by atoms with Crippen LogP contribution in [0.5, 0.6) is 0 Å². The van der Waals surface area contributed by atoms with Crippen LogP contribution in [0.4, 0.5) is 4.79 Å². The average molecular weight is 444 g/mol. The molecule has 0 radical (unpaired) electrons. The SMILES string of the molecule is CC(C)C(NC(=O)OCc1ccccc1)C(=O)CC1Cc2scnc2CNC(=O)C1=O. The van der Waals surface area contributed by atoms with Crippen LogP contribution >= 0.6 is 11.3 Å². The zero-order valence-corrected chi connectivity index (χ0v) is 18.2. The van der Waals surface area contributed by atoms with Crippen LogP contribution in [-0.2, 0) is 38.7 Å². The summed E-state index contributed by atoms with van der Waals surface area (Å²) in [5, 5.41) is 5.16. The topological polar surface area (TPSA) is 114 Å². The van der Waals surface area contributed by atoms with Crippen LogP contribution in [0.25, 0.3) is 0 Å². The van der Waals surface area contributed by atoms with E-state index in [0.717, 1.165) is 10.4 Å². The van der Waals surface area contributed by atoms with Crippen molar-refractivity contribution in [1.29, 1.82) is 0 Å². The van der Waals surface area contributed by atoms with Crippen molar-refractivity contribution in [3.05, 3.63) is 52.0 Å². The molecule has 2 atom stereocenters. The number of carbonyl (C=O) groups excluding carboxylic acids is 4. The smallest absolute Gasteiger partial charge is 0.408 e. The van der Waals surface area contributed by atoms with E-state index in [1.807, 2.05) is 30.3 Å². The summed E-state index contributed by atoms with van der Waals surface area (Å²) in [5.74, 6) is -2.66. The molecule has 0 aliphatic carbocycles. The first-order valence-electron chi connectivity index (χ1n) is 10.1. The second-order valence-electron chi connectivity index (χ2n) is 7.77. The van der Waals surface area contributed by atoms with E-state index in [4.69, 9.17) is 4.74 Å². The molecular weight excluding hydrogens is 418 g/mol. The van der Waals surface area contributed by atoms with Gasteiger partial charge in [0.05, 0.1) is 23.8 Å². The third-order valence-electron chi connectivity index (χ3n) is 5.12. The van der Waals surface area contributed by atoms with Gasteiger partial charge in [0.1, 0.15) is 6.61 Å². The highest BCUT2D eigenvalue weighted by Gasteiger charge is 2.34. The highest BCUT2D eigenvalue weighted by molar-refractivity contribution is 7.09. The molecule has 0 saturated carbocycles. The molecular formula is C22H25N3O5S. The van der Waals surface area contributed by atoms with Crippen molar-refractivity contribution < 1.29 is 23.9 Å². The molecule has 9 heteroatoms. The fourth-order valence-electron chi connectivity index (χ4n) is 3.40. The van der Waals surface area contributed by atoms with E-state index < -0.39 is 29.7 Å². The molecule has 1 aliphatic rings. The fraction of sp³-hybridized carbons (Fsp3) is 0.409. The summed E-state index contributed by atoms with van der Waals surface area (Å²) in [6.45, 7) is 3.89. The molecule has 164 valence electrons. The zero-order valence-electron chi connectivity index (χ0n) is 17.4. The summed E-state index contributed by atoms with van der Waals surface area (Å²) < 4.78 is 5.22. The van der Waals surface area contributed by atoms with Gasteiger partial charge in [-0.1, -0.05) is 44.2 Å². The van der Waals surface area contributed by atoms with Gasteiger partial charge in [-0.15, -0.1) is 11.3 Å². The predicted octanol–water partition coefficient (Wildman–Crippen LogP) is 2.41. The number of fused-ring (bicyclic) bond motifs is 1. The molecule has 2 N–H and O–H groups in total. The molecule has 3 rings (SSSR count). The van der Waals surface area contributed by atoms with Crippen LogP contribution in [0.15, 0.2) is 35.8 Å². The lowest BCUT2D eigenvalue weighted by Crippen LogP contribution is -2.46. The van der Waals surface area contributed by atoms with Crippen molar-refractivity contribution in [3.63, 3.8) is 0 Å². The molecule has 2 amide bonds. The first kappa shape index (κ1) is 22.6. The number of aromatic nitrogens is 1. The molecule has 8 nitrogen and oxygen atoms in total. The highest BCUT2D eigenvalue weighted by Crippen LogP contribution is 2.24. The summed E-state index contributed by atoms with van der Waals surface area (Å²) in [6, 6.07) is 8.38. The van der Waals surface area contributed by atoms with Crippen molar-refractivity contribution in [1.82, 2.24) is 15.6 Å². The molecule has 1 aliphatic heterocycles. The standard InChI is InChI=1S/C22H25N3O5S/c1-13(2)19(25-22(29)30-11-14-6-4-3-5-7-14)17(26)8-15-9-18-16(24-12-31-18)10-23-21(28)20(15)27/h3-7,12-13,15,19H,8-11H2,1-2H3,(H,23,28)(H,25,29). The summed E-state index contributed by atoms with van der Waals surface area (Å²) in [6.07, 6.45) is -0.575. The molecule has 2 heterocycles. The van der Waals surface area contributed by atoms with Gasteiger partial charge in [0.25, 0.3) is 5.91 Å². The number of thiazole rings is 1. The Kier molecular flexibility index (Phi) is 7.51. The minimum atomic E-state index is -0.828.